The van der Waals surface area contributed by atoms with Crippen LogP contribution in [0.5, 0.6) is 0 Å². The number of likely N-dealkylation sites (N-methyl/N-ethyl adjacent to an activating group) is 1. The number of thiocarbonyl (C=S) groups is 1. The average molecular weight is 200 g/mol. The molecule has 1 saturated carbocycles. The van der Waals surface area contributed by atoms with Gasteiger partial charge < -0.3 is 10.6 Å². The molecule has 0 aliphatic heterocycles. The molecule has 13 heavy (non-hydrogen) atoms. The normalized spacial score (nSPS) is 18.0. The number of carbonyl (C=O) groups is 1. The van der Waals surface area contributed by atoms with Crippen molar-refractivity contribution < 1.29 is 4.79 Å². The van der Waals surface area contributed by atoms with E-state index < -0.39 is 0 Å². The Balaban J connectivity index is 2.40. The van der Waals surface area contributed by atoms with Gasteiger partial charge in [-0.3, -0.25) is 4.79 Å². The van der Waals surface area contributed by atoms with Crippen LogP contribution < -0.4 is 5.73 Å². The topological polar surface area (TPSA) is 46.3 Å². The Morgan fingerprint density at radius 3 is 2.62 bits per heavy atom. The molecule has 1 aliphatic carbocycles. The zero-order valence-corrected chi connectivity index (χ0v) is 8.93. The highest BCUT2D eigenvalue weighted by molar-refractivity contribution is 7.80. The molecule has 74 valence electrons. The molecule has 2 N–H and O–H groups in total. The lowest BCUT2D eigenvalue weighted by Crippen LogP contribution is -2.38. The van der Waals surface area contributed by atoms with Crippen molar-refractivity contribution >= 4 is 23.1 Å². The lowest BCUT2D eigenvalue weighted by Gasteiger charge is -2.20. The summed E-state index contributed by atoms with van der Waals surface area (Å²) in [7, 11) is 1.75. The first-order valence-corrected chi connectivity index (χ1v) is 4.96. The summed E-state index contributed by atoms with van der Waals surface area (Å²) in [4.78, 5) is 13.7. The van der Waals surface area contributed by atoms with E-state index in [1.807, 2.05) is 6.92 Å². The van der Waals surface area contributed by atoms with Crippen LogP contribution >= 0.6 is 12.2 Å². The fraction of sp³-hybridized carbons (Fsp3) is 0.778. The molecule has 0 saturated heterocycles. The largest absolute Gasteiger partial charge is 0.392 e. The SMILES string of the molecule is CC(C(=O)N(C)CC(N)=S)C1CC1. The van der Waals surface area contributed by atoms with Gasteiger partial charge in [0.15, 0.2) is 0 Å². The summed E-state index contributed by atoms with van der Waals surface area (Å²) in [6.07, 6.45) is 2.38. The van der Waals surface area contributed by atoms with Crippen molar-refractivity contribution in [1.29, 1.82) is 0 Å². The summed E-state index contributed by atoms with van der Waals surface area (Å²) in [6, 6.07) is 0. The van der Waals surface area contributed by atoms with Gasteiger partial charge in [-0.1, -0.05) is 19.1 Å². The Kier molecular flexibility index (Phi) is 3.25. The van der Waals surface area contributed by atoms with Crippen molar-refractivity contribution in [3.8, 4) is 0 Å². The molecule has 0 aromatic rings. The number of nitrogens with two attached hydrogens (primary N) is 1. The van der Waals surface area contributed by atoms with E-state index >= 15 is 0 Å². The number of nitrogens with zero attached hydrogens (tertiary/aromatic N) is 1. The van der Waals surface area contributed by atoms with E-state index in [2.05, 4.69) is 0 Å². The molecule has 0 aromatic heterocycles. The second-order valence-electron chi connectivity index (χ2n) is 3.79. The van der Waals surface area contributed by atoms with Gasteiger partial charge >= 0.3 is 0 Å². The Morgan fingerprint density at radius 2 is 2.23 bits per heavy atom. The maximum absolute atomic E-state index is 11.7. The summed E-state index contributed by atoms with van der Waals surface area (Å²) >= 11 is 4.74. The van der Waals surface area contributed by atoms with Crippen molar-refractivity contribution in [2.45, 2.75) is 19.8 Å². The summed E-state index contributed by atoms with van der Waals surface area (Å²) < 4.78 is 0. The number of rotatable bonds is 4. The van der Waals surface area contributed by atoms with Crippen molar-refractivity contribution in [2.75, 3.05) is 13.6 Å². The van der Waals surface area contributed by atoms with E-state index in [1.54, 1.807) is 11.9 Å². The molecule has 3 nitrogen and oxygen atoms in total. The van der Waals surface area contributed by atoms with Crippen LogP contribution in [0.3, 0.4) is 0 Å². The van der Waals surface area contributed by atoms with Gasteiger partial charge in [0.25, 0.3) is 0 Å². The number of carbonyl (C=O) groups excluding carboxylic acids is 1. The van der Waals surface area contributed by atoms with Crippen LogP contribution in [0, 0.1) is 11.8 Å². The van der Waals surface area contributed by atoms with Gasteiger partial charge in [0, 0.05) is 13.0 Å². The second kappa shape index (κ2) is 4.05. The second-order valence-corrected chi connectivity index (χ2v) is 4.31. The van der Waals surface area contributed by atoms with Gasteiger partial charge in [-0.2, -0.15) is 0 Å². The summed E-state index contributed by atoms with van der Waals surface area (Å²) in [5, 5.41) is 0. The van der Waals surface area contributed by atoms with Gasteiger partial charge in [0.1, 0.15) is 0 Å². The third-order valence-electron chi connectivity index (χ3n) is 2.49. The van der Waals surface area contributed by atoms with Crippen molar-refractivity contribution in [3.05, 3.63) is 0 Å². The summed E-state index contributed by atoms with van der Waals surface area (Å²) in [5.41, 5.74) is 5.36. The highest BCUT2D eigenvalue weighted by Gasteiger charge is 2.33. The van der Waals surface area contributed by atoms with Crippen LogP contribution in [-0.4, -0.2) is 29.4 Å². The lowest BCUT2D eigenvalue weighted by molar-refractivity contribution is -0.133. The molecular formula is C9H16N2OS. The van der Waals surface area contributed by atoms with E-state index in [0.717, 1.165) is 0 Å². The summed E-state index contributed by atoms with van der Waals surface area (Å²) in [6.45, 7) is 2.38. The predicted molar refractivity (Wildman–Crippen MR) is 56.3 cm³/mol. The molecular weight excluding hydrogens is 184 g/mol. The Morgan fingerprint density at radius 1 is 1.69 bits per heavy atom. The fourth-order valence-corrected chi connectivity index (χ4v) is 1.65. The molecule has 1 rings (SSSR count). The quantitative estimate of drug-likeness (QED) is 0.682. The van der Waals surface area contributed by atoms with E-state index in [0.29, 0.717) is 17.5 Å². The Labute approximate surface area is 84.3 Å². The van der Waals surface area contributed by atoms with E-state index in [9.17, 15) is 4.79 Å². The minimum absolute atomic E-state index is 0.138. The van der Waals surface area contributed by atoms with Crippen molar-refractivity contribution in [2.24, 2.45) is 17.6 Å². The third kappa shape index (κ3) is 2.95. The Bertz CT molecular complexity index is 226. The molecule has 0 radical (unpaired) electrons. The first kappa shape index (κ1) is 10.4. The molecule has 1 unspecified atom stereocenters. The smallest absolute Gasteiger partial charge is 0.225 e. The standard InChI is InChI=1S/C9H16N2OS/c1-6(7-3-4-7)9(12)11(2)5-8(10)13/h6-7H,3-5H2,1-2H3,(H2,10,13). The number of hydrogen-bond acceptors (Lipinski definition) is 2. The molecule has 0 bridgehead atoms. The molecule has 0 spiro atoms. The number of hydrogen-bond donors (Lipinski definition) is 1. The molecule has 1 amide bonds. The third-order valence-corrected chi connectivity index (χ3v) is 2.62. The first-order valence-electron chi connectivity index (χ1n) is 4.55. The Hall–Kier alpha value is -0.640. The average Bonchev–Trinajstić information content (AvgIpc) is 2.82. The van der Waals surface area contributed by atoms with Crippen LogP contribution in [0.15, 0.2) is 0 Å². The molecule has 4 heteroatoms. The minimum Gasteiger partial charge on any atom is -0.392 e. The van der Waals surface area contributed by atoms with Crippen LogP contribution in [0.1, 0.15) is 19.8 Å². The molecule has 1 atom stereocenters. The fourth-order valence-electron chi connectivity index (χ4n) is 1.46. The van der Waals surface area contributed by atoms with Gasteiger partial charge in [-0.05, 0) is 18.8 Å². The zero-order chi connectivity index (χ0) is 10.0. The molecule has 1 fully saturated rings. The van der Waals surface area contributed by atoms with E-state index in [1.165, 1.54) is 12.8 Å². The first-order chi connectivity index (χ1) is 6.02. The van der Waals surface area contributed by atoms with Crippen molar-refractivity contribution in [1.82, 2.24) is 4.90 Å². The lowest BCUT2D eigenvalue weighted by atomic mass is 10.1. The van der Waals surface area contributed by atoms with Gasteiger partial charge in [0.05, 0.1) is 11.5 Å². The maximum atomic E-state index is 11.7. The zero-order valence-electron chi connectivity index (χ0n) is 8.12. The van der Waals surface area contributed by atoms with Crippen LogP contribution in [-0.2, 0) is 4.79 Å². The maximum Gasteiger partial charge on any atom is 0.225 e. The number of amides is 1. The summed E-state index contributed by atoms with van der Waals surface area (Å²) in [5.74, 6) is 0.899. The monoisotopic (exact) mass is 200 g/mol. The van der Waals surface area contributed by atoms with Crippen LogP contribution in [0.25, 0.3) is 0 Å². The van der Waals surface area contributed by atoms with Crippen LogP contribution in [0.2, 0.25) is 0 Å². The predicted octanol–water partition coefficient (Wildman–Crippen LogP) is 0.777. The van der Waals surface area contributed by atoms with Gasteiger partial charge in [0.2, 0.25) is 5.91 Å². The van der Waals surface area contributed by atoms with Crippen molar-refractivity contribution in [3.63, 3.8) is 0 Å². The molecule has 1 aliphatic rings. The minimum atomic E-state index is 0.138. The van der Waals surface area contributed by atoms with Gasteiger partial charge in [-0.15, -0.1) is 0 Å². The highest BCUT2D eigenvalue weighted by Crippen LogP contribution is 2.37. The molecule has 0 heterocycles. The molecule has 0 aromatic carbocycles. The van der Waals surface area contributed by atoms with E-state index in [4.69, 9.17) is 18.0 Å². The highest BCUT2D eigenvalue weighted by atomic mass is 32.1. The van der Waals surface area contributed by atoms with E-state index in [-0.39, 0.29) is 11.8 Å². The van der Waals surface area contributed by atoms with Gasteiger partial charge in [-0.25, -0.2) is 0 Å². The van der Waals surface area contributed by atoms with Crippen LogP contribution in [0.4, 0.5) is 0 Å².